The van der Waals surface area contributed by atoms with Crippen LogP contribution in [0.2, 0.25) is 0 Å². The summed E-state index contributed by atoms with van der Waals surface area (Å²) in [6.45, 7) is 0.561. The first-order valence-electron chi connectivity index (χ1n) is 8.59. The largest absolute Gasteiger partial charge is 0.497 e. The minimum Gasteiger partial charge on any atom is -0.497 e. The highest BCUT2D eigenvalue weighted by molar-refractivity contribution is 7.80. The number of hydrogen-bond acceptors (Lipinski definition) is 5. The number of ether oxygens (including phenoxy) is 3. The molecule has 2 aliphatic rings. The Bertz CT molecular complexity index is 879. The van der Waals surface area contributed by atoms with E-state index in [-0.39, 0.29) is 11.9 Å². The van der Waals surface area contributed by atoms with Crippen LogP contribution in [0, 0.1) is 0 Å². The number of amides is 1. The van der Waals surface area contributed by atoms with Gasteiger partial charge in [-0.25, -0.2) is 0 Å². The molecule has 2 aromatic rings. The molecule has 1 atom stereocenters. The minimum atomic E-state index is -0.311. The number of rotatable bonds is 4. The lowest BCUT2D eigenvalue weighted by Crippen LogP contribution is -2.40. The molecular formula is C20H20N2O4S. The predicted molar refractivity (Wildman–Crippen MR) is 106 cm³/mol. The molecule has 6 nitrogen and oxygen atoms in total. The van der Waals surface area contributed by atoms with E-state index in [0.717, 1.165) is 16.8 Å². The van der Waals surface area contributed by atoms with Gasteiger partial charge >= 0.3 is 0 Å². The molecule has 1 saturated heterocycles. The van der Waals surface area contributed by atoms with Crippen LogP contribution >= 0.6 is 12.2 Å². The molecule has 140 valence electrons. The van der Waals surface area contributed by atoms with E-state index in [0.29, 0.717) is 35.3 Å². The fourth-order valence-electron chi connectivity index (χ4n) is 3.69. The Morgan fingerprint density at radius 1 is 1.00 bits per heavy atom. The number of anilines is 1. The van der Waals surface area contributed by atoms with Crippen LogP contribution in [0.25, 0.3) is 0 Å². The second kappa shape index (κ2) is 6.74. The monoisotopic (exact) mass is 384 g/mol. The van der Waals surface area contributed by atoms with Crippen LogP contribution in [0.5, 0.6) is 17.2 Å². The maximum atomic E-state index is 13.1. The molecule has 0 aliphatic carbocycles. The minimum absolute atomic E-state index is 0.0197. The fraction of sp³-hybridized carbons (Fsp3) is 0.300. The van der Waals surface area contributed by atoms with E-state index in [1.54, 1.807) is 26.2 Å². The van der Waals surface area contributed by atoms with Crippen molar-refractivity contribution in [2.75, 3.05) is 26.2 Å². The average Bonchev–Trinajstić information content (AvgIpc) is 2.95. The first-order chi connectivity index (χ1) is 13.1. The summed E-state index contributed by atoms with van der Waals surface area (Å²) in [5, 5.41) is 0.513. The Balaban J connectivity index is 1.70. The molecule has 2 heterocycles. The zero-order chi connectivity index (χ0) is 19.1. The van der Waals surface area contributed by atoms with Crippen LogP contribution in [0.4, 0.5) is 5.69 Å². The van der Waals surface area contributed by atoms with Gasteiger partial charge in [-0.3, -0.25) is 9.69 Å². The molecule has 7 heteroatoms. The van der Waals surface area contributed by atoms with E-state index in [2.05, 4.69) is 0 Å². The summed E-state index contributed by atoms with van der Waals surface area (Å²) in [5.74, 6) is 2.01. The van der Waals surface area contributed by atoms with Crippen LogP contribution in [-0.4, -0.2) is 43.3 Å². The lowest BCUT2D eigenvalue weighted by atomic mass is 9.94. The summed E-state index contributed by atoms with van der Waals surface area (Å²) in [4.78, 5) is 16.7. The average molecular weight is 384 g/mol. The molecule has 0 unspecified atom stereocenters. The van der Waals surface area contributed by atoms with E-state index in [1.165, 1.54) is 0 Å². The van der Waals surface area contributed by atoms with Crippen molar-refractivity contribution < 1.29 is 19.0 Å². The van der Waals surface area contributed by atoms with Crippen LogP contribution in [0.15, 0.2) is 36.4 Å². The Kier molecular flexibility index (Phi) is 4.39. The van der Waals surface area contributed by atoms with Crippen molar-refractivity contribution in [1.82, 2.24) is 4.90 Å². The Hall–Kier alpha value is -2.80. The lowest BCUT2D eigenvalue weighted by Gasteiger charge is -2.31. The van der Waals surface area contributed by atoms with Gasteiger partial charge in [0.2, 0.25) is 0 Å². The summed E-state index contributed by atoms with van der Waals surface area (Å²) in [6.07, 6.45) is 0.579. The maximum absolute atomic E-state index is 13.1. The standard InChI is InChI=1S/C20H20N2O4S/c1-24-15-6-4-5-14(10-15)22-19(23)16-7-12-8-17(25-2)18(26-3)9-13(12)11-21(16)20(22)27/h4-6,8-10,16H,7,11H2,1-3H3/t16-/m1/s1. The molecular weight excluding hydrogens is 364 g/mol. The molecule has 2 aromatic carbocycles. The number of benzene rings is 2. The van der Waals surface area contributed by atoms with Crippen LogP contribution < -0.4 is 19.1 Å². The van der Waals surface area contributed by atoms with E-state index >= 15 is 0 Å². The Labute approximate surface area is 163 Å². The predicted octanol–water partition coefficient (Wildman–Crippen LogP) is 2.77. The van der Waals surface area contributed by atoms with Gasteiger partial charge in [0.05, 0.1) is 27.0 Å². The third-order valence-corrected chi connectivity index (χ3v) is 5.51. The van der Waals surface area contributed by atoms with Gasteiger partial charge in [-0.2, -0.15) is 0 Å². The molecule has 1 amide bonds. The normalized spacial score (nSPS) is 18.3. The van der Waals surface area contributed by atoms with Gasteiger partial charge in [-0.15, -0.1) is 0 Å². The van der Waals surface area contributed by atoms with E-state index in [1.807, 2.05) is 41.3 Å². The third-order valence-electron chi connectivity index (χ3n) is 5.09. The Morgan fingerprint density at radius 3 is 2.37 bits per heavy atom. The highest BCUT2D eigenvalue weighted by Crippen LogP contribution is 2.38. The van der Waals surface area contributed by atoms with Gasteiger partial charge < -0.3 is 19.1 Å². The molecule has 0 aromatic heterocycles. The second-order valence-electron chi connectivity index (χ2n) is 6.48. The van der Waals surface area contributed by atoms with E-state index < -0.39 is 0 Å². The van der Waals surface area contributed by atoms with Crippen LogP contribution in [0.1, 0.15) is 11.1 Å². The van der Waals surface area contributed by atoms with Crippen molar-refractivity contribution in [2.45, 2.75) is 19.0 Å². The highest BCUT2D eigenvalue weighted by atomic mass is 32.1. The van der Waals surface area contributed by atoms with Crippen molar-refractivity contribution in [3.05, 3.63) is 47.5 Å². The van der Waals surface area contributed by atoms with Crippen LogP contribution in [-0.2, 0) is 17.8 Å². The molecule has 0 N–H and O–H groups in total. The van der Waals surface area contributed by atoms with Crippen molar-refractivity contribution >= 4 is 28.9 Å². The summed E-state index contributed by atoms with van der Waals surface area (Å²) in [5.41, 5.74) is 2.89. The number of carbonyl (C=O) groups is 1. The van der Waals surface area contributed by atoms with Crippen molar-refractivity contribution in [1.29, 1.82) is 0 Å². The van der Waals surface area contributed by atoms with Gasteiger partial charge in [-0.05, 0) is 47.6 Å². The molecule has 0 saturated carbocycles. The summed E-state index contributed by atoms with van der Waals surface area (Å²) < 4.78 is 16.1. The second-order valence-corrected chi connectivity index (χ2v) is 6.85. The van der Waals surface area contributed by atoms with E-state index in [4.69, 9.17) is 26.4 Å². The number of hydrogen-bond donors (Lipinski definition) is 0. The van der Waals surface area contributed by atoms with Crippen LogP contribution in [0.3, 0.4) is 0 Å². The lowest BCUT2D eigenvalue weighted by molar-refractivity contribution is -0.119. The number of thiocarbonyl (C=S) groups is 1. The van der Waals surface area contributed by atoms with Gasteiger partial charge in [0, 0.05) is 19.0 Å². The molecule has 2 aliphatic heterocycles. The van der Waals surface area contributed by atoms with Crippen molar-refractivity contribution in [2.24, 2.45) is 0 Å². The number of carbonyl (C=O) groups excluding carboxylic acids is 1. The molecule has 0 radical (unpaired) electrons. The zero-order valence-corrected chi connectivity index (χ0v) is 16.2. The van der Waals surface area contributed by atoms with Gasteiger partial charge in [0.15, 0.2) is 16.6 Å². The molecule has 0 spiro atoms. The van der Waals surface area contributed by atoms with Gasteiger partial charge in [-0.1, -0.05) is 6.07 Å². The number of nitrogens with zero attached hydrogens (tertiary/aromatic N) is 2. The fourth-order valence-corrected chi connectivity index (χ4v) is 4.08. The first kappa shape index (κ1) is 17.6. The summed E-state index contributed by atoms with van der Waals surface area (Å²) >= 11 is 5.65. The topological polar surface area (TPSA) is 51.2 Å². The maximum Gasteiger partial charge on any atom is 0.256 e. The first-order valence-corrected chi connectivity index (χ1v) is 9.00. The molecule has 4 rings (SSSR count). The summed E-state index contributed by atoms with van der Waals surface area (Å²) in [6, 6.07) is 11.0. The van der Waals surface area contributed by atoms with Crippen molar-refractivity contribution in [3.8, 4) is 17.2 Å². The van der Waals surface area contributed by atoms with Gasteiger partial charge in [0.25, 0.3) is 5.91 Å². The Morgan fingerprint density at radius 2 is 1.70 bits per heavy atom. The molecule has 0 bridgehead atoms. The third kappa shape index (κ3) is 2.78. The SMILES string of the molecule is COc1cccc(N2C(=O)[C@H]3Cc4cc(OC)c(OC)cc4CN3C2=S)c1. The quantitative estimate of drug-likeness (QED) is 0.756. The molecule has 1 fully saturated rings. The number of fused-ring (bicyclic) bond motifs is 2. The van der Waals surface area contributed by atoms with Gasteiger partial charge in [0.1, 0.15) is 11.8 Å². The molecule has 27 heavy (non-hydrogen) atoms. The number of methoxy groups -OCH3 is 3. The van der Waals surface area contributed by atoms with E-state index in [9.17, 15) is 4.79 Å². The zero-order valence-electron chi connectivity index (χ0n) is 15.4. The smallest absolute Gasteiger partial charge is 0.256 e. The highest BCUT2D eigenvalue weighted by Gasteiger charge is 2.45. The summed E-state index contributed by atoms with van der Waals surface area (Å²) in [7, 11) is 4.83. The van der Waals surface area contributed by atoms with Crippen molar-refractivity contribution in [3.63, 3.8) is 0 Å².